The van der Waals surface area contributed by atoms with E-state index in [1.54, 1.807) is 0 Å². The van der Waals surface area contributed by atoms with Crippen molar-refractivity contribution in [2.45, 2.75) is 30.8 Å². The molecule has 2 N–H and O–H groups in total. The topological polar surface area (TPSA) is 26.0 Å². The van der Waals surface area contributed by atoms with Gasteiger partial charge in [0, 0.05) is 15.4 Å². The molecule has 1 atom stereocenters. The quantitative estimate of drug-likeness (QED) is 0.416. The Morgan fingerprint density at radius 1 is 1.38 bits per heavy atom. The predicted molar refractivity (Wildman–Crippen MR) is 42.5 cm³/mol. The summed E-state index contributed by atoms with van der Waals surface area (Å²) in [4.78, 5) is -0.251. The fourth-order valence-electron chi connectivity index (χ4n) is 0. The number of alkyl halides is 1. The van der Waals surface area contributed by atoms with E-state index in [0.29, 0.717) is 0 Å². The molecule has 0 saturated carbocycles. The summed E-state index contributed by atoms with van der Waals surface area (Å²) >= 11 is 5.92. The minimum absolute atomic E-state index is 0.158. The van der Waals surface area contributed by atoms with Crippen molar-refractivity contribution in [1.29, 1.82) is 0 Å². The van der Waals surface area contributed by atoms with E-state index in [1.165, 1.54) is 0 Å². The lowest BCUT2D eigenvalue weighted by Gasteiger charge is -2.32. The molecule has 3 heteroatoms. The largest absolute Gasteiger partial charge is 0.327 e. The smallest absolute Gasteiger partial charge is 0.0529 e. The van der Waals surface area contributed by atoms with Crippen molar-refractivity contribution in [2.24, 2.45) is 5.73 Å². The van der Waals surface area contributed by atoms with Crippen molar-refractivity contribution in [2.75, 3.05) is 0 Å². The summed E-state index contributed by atoms with van der Waals surface area (Å²) in [5.41, 5.74) is 5.74. The van der Waals surface area contributed by atoms with Crippen LogP contribution in [0.5, 0.6) is 0 Å². The van der Waals surface area contributed by atoms with Crippen molar-refractivity contribution in [3.05, 3.63) is 0 Å². The zero-order valence-electron chi connectivity index (χ0n) is 5.96. The first-order chi connectivity index (χ1) is 3.25. The minimum atomic E-state index is -0.251. The van der Waals surface area contributed by atoms with Gasteiger partial charge in [-0.25, -0.2) is 0 Å². The molecule has 0 rings (SSSR count). The van der Waals surface area contributed by atoms with E-state index >= 15 is 0 Å². The molecule has 0 aliphatic carbocycles. The average molecular weight is 152 g/mol. The van der Waals surface area contributed by atoms with Crippen LogP contribution in [0.25, 0.3) is 0 Å². The van der Waals surface area contributed by atoms with E-state index in [4.69, 9.17) is 17.3 Å². The van der Waals surface area contributed by atoms with Gasteiger partial charge in [0.2, 0.25) is 0 Å². The number of hydrogen-bond donors (Lipinski definition) is 1. The molecular weight excluding hydrogens is 138 g/mol. The monoisotopic (exact) mass is 151 g/mol. The Kier molecular flexibility index (Phi) is 2.13. The van der Waals surface area contributed by atoms with Gasteiger partial charge in [0.1, 0.15) is 0 Å². The van der Waals surface area contributed by atoms with Crippen molar-refractivity contribution in [1.82, 2.24) is 0 Å². The molecule has 0 aliphatic rings. The molecule has 0 fully saturated rings. The molecule has 0 spiro atoms. The van der Waals surface area contributed by atoms with E-state index in [1.807, 2.05) is 20.8 Å². The lowest BCUT2D eigenvalue weighted by Crippen LogP contribution is -2.52. The van der Waals surface area contributed by atoms with Gasteiger partial charge in [-0.3, -0.25) is 0 Å². The molecule has 0 aromatic carbocycles. The van der Waals surface area contributed by atoms with Crippen LogP contribution in [0.15, 0.2) is 0 Å². The fourth-order valence-corrected chi connectivity index (χ4v) is 0. The predicted octanol–water partition coefficient (Wildman–Crippen LogP) is 0.0441. The van der Waals surface area contributed by atoms with Crippen LogP contribution in [0.1, 0.15) is 20.8 Å². The molecule has 1 nitrogen and oxygen atoms in total. The van der Waals surface area contributed by atoms with Crippen LogP contribution in [-0.4, -0.2) is 20.3 Å². The van der Waals surface area contributed by atoms with Crippen molar-refractivity contribution in [3.8, 4) is 0 Å². The lowest BCUT2D eigenvalue weighted by molar-refractivity contribution is 0.507. The Balaban J connectivity index is 4.02. The zero-order valence-corrected chi connectivity index (χ0v) is 8.71. The van der Waals surface area contributed by atoms with E-state index in [9.17, 15) is 0 Å². The summed E-state index contributed by atoms with van der Waals surface area (Å²) in [7, 11) is 0.933. The number of halogens is 1. The Morgan fingerprint density at radius 2 is 1.50 bits per heavy atom. The molecule has 0 saturated heterocycles. The van der Waals surface area contributed by atoms with Crippen LogP contribution in [0, 0.1) is 0 Å². The van der Waals surface area contributed by atoms with Crippen LogP contribution in [0.4, 0.5) is 0 Å². The van der Waals surface area contributed by atoms with Gasteiger partial charge in [0.25, 0.3) is 0 Å². The zero-order chi connectivity index (χ0) is 7.00. The molecule has 0 bridgehead atoms. The van der Waals surface area contributed by atoms with Crippen LogP contribution in [-0.2, 0) is 0 Å². The molecule has 50 valence electrons. The Morgan fingerprint density at radius 3 is 1.50 bits per heavy atom. The Labute approximate surface area is 59.0 Å². The average Bonchev–Trinajstić information content (AvgIpc) is 1.25. The van der Waals surface area contributed by atoms with Gasteiger partial charge in [0.05, 0.1) is 4.87 Å². The van der Waals surface area contributed by atoms with Gasteiger partial charge in [-0.05, 0) is 20.8 Å². The molecule has 1 unspecified atom stereocenters. The third-order valence-corrected chi connectivity index (χ3v) is 3.59. The number of hydrogen-bond acceptors (Lipinski definition) is 1. The van der Waals surface area contributed by atoms with Crippen LogP contribution < -0.4 is 5.73 Å². The summed E-state index contributed by atoms with van der Waals surface area (Å²) in [5, 5.41) is -0.158. The maximum absolute atomic E-state index is 5.92. The second-order valence-electron chi connectivity index (χ2n) is 3.19. The third kappa shape index (κ3) is 2.16. The molecule has 0 aromatic rings. The van der Waals surface area contributed by atoms with Crippen LogP contribution in [0.3, 0.4) is 0 Å². The molecule has 0 aromatic heterocycles. The summed E-state index contributed by atoms with van der Waals surface area (Å²) in [6, 6.07) is 0. The Hall–Kier alpha value is 0.467. The normalized spacial score (nSPS) is 20.6. The minimum Gasteiger partial charge on any atom is -0.327 e. The molecular formula is C5H14ClNSi. The number of rotatable bonds is 1. The van der Waals surface area contributed by atoms with E-state index in [0.717, 1.165) is 10.2 Å². The van der Waals surface area contributed by atoms with Gasteiger partial charge >= 0.3 is 0 Å². The second kappa shape index (κ2) is 2.01. The van der Waals surface area contributed by atoms with Gasteiger partial charge < -0.3 is 5.73 Å². The summed E-state index contributed by atoms with van der Waals surface area (Å²) in [6.45, 7) is 5.87. The standard InChI is InChI=1S/C5H14ClNSi/c1-4(2,6)5(3,7)8/h7H2,1-3,8H3. The molecule has 0 amide bonds. The van der Waals surface area contributed by atoms with Crippen LogP contribution >= 0.6 is 11.6 Å². The first-order valence-corrected chi connectivity index (χ1v) is 4.11. The van der Waals surface area contributed by atoms with Crippen molar-refractivity contribution in [3.63, 3.8) is 0 Å². The highest BCUT2D eigenvalue weighted by Crippen LogP contribution is 2.22. The molecule has 0 radical (unpaired) electrons. The maximum Gasteiger partial charge on any atom is 0.0529 e. The van der Waals surface area contributed by atoms with Gasteiger partial charge in [-0.1, -0.05) is 0 Å². The van der Waals surface area contributed by atoms with E-state index in [2.05, 4.69) is 0 Å². The highest BCUT2D eigenvalue weighted by atomic mass is 35.5. The van der Waals surface area contributed by atoms with Crippen LogP contribution in [0.2, 0.25) is 0 Å². The van der Waals surface area contributed by atoms with E-state index in [-0.39, 0.29) is 10.0 Å². The third-order valence-electron chi connectivity index (χ3n) is 1.53. The SMILES string of the molecule is CC(N)([SiH3])C(C)(C)Cl. The summed E-state index contributed by atoms with van der Waals surface area (Å²) < 4.78 is 0. The molecule has 0 heterocycles. The highest BCUT2D eigenvalue weighted by molar-refractivity contribution is 6.30. The van der Waals surface area contributed by atoms with Gasteiger partial charge in [-0.15, -0.1) is 11.6 Å². The highest BCUT2D eigenvalue weighted by Gasteiger charge is 2.30. The number of nitrogens with two attached hydrogens (primary N) is 1. The summed E-state index contributed by atoms with van der Waals surface area (Å²) in [6.07, 6.45) is 0. The maximum atomic E-state index is 5.92. The van der Waals surface area contributed by atoms with Crippen molar-refractivity contribution < 1.29 is 0 Å². The lowest BCUT2D eigenvalue weighted by atomic mass is 10.1. The Bertz CT molecular complexity index is 67.4. The second-order valence-corrected chi connectivity index (χ2v) is 6.22. The first-order valence-electron chi connectivity index (χ1n) is 2.73. The van der Waals surface area contributed by atoms with Gasteiger partial charge in [-0.2, -0.15) is 0 Å². The van der Waals surface area contributed by atoms with E-state index < -0.39 is 0 Å². The first kappa shape index (κ1) is 8.47. The summed E-state index contributed by atoms with van der Waals surface area (Å²) in [5.74, 6) is 0. The van der Waals surface area contributed by atoms with Gasteiger partial charge in [0.15, 0.2) is 0 Å². The molecule has 0 aliphatic heterocycles. The fraction of sp³-hybridized carbons (Fsp3) is 1.00. The molecule has 8 heavy (non-hydrogen) atoms. The van der Waals surface area contributed by atoms with Crippen molar-refractivity contribution >= 4 is 21.8 Å².